The van der Waals surface area contributed by atoms with Gasteiger partial charge in [0.2, 0.25) is 0 Å². The molecule has 0 unspecified atom stereocenters. The van der Waals surface area contributed by atoms with Crippen LogP contribution in [0.25, 0.3) is 0 Å². The number of hydrogen-bond donors (Lipinski definition) is 1. The van der Waals surface area contributed by atoms with E-state index in [1.165, 1.54) is 5.56 Å². The lowest BCUT2D eigenvalue weighted by Gasteiger charge is -2.02. The maximum absolute atomic E-state index is 5.10. The van der Waals surface area contributed by atoms with Gasteiger partial charge in [-0.2, -0.15) is 0 Å². The summed E-state index contributed by atoms with van der Waals surface area (Å²) >= 11 is 0. The van der Waals surface area contributed by atoms with Crippen LogP contribution in [0.15, 0.2) is 24.3 Å². The zero-order valence-corrected chi connectivity index (χ0v) is 7.92. The van der Waals surface area contributed by atoms with Gasteiger partial charge in [-0.3, -0.25) is 0 Å². The first-order chi connectivity index (χ1) is 6.36. The monoisotopic (exact) mass is 175 g/mol. The molecule has 0 fully saturated rings. The highest BCUT2D eigenvalue weighted by Gasteiger charge is 1.93. The van der Waals surface area contributed by atoms with Crippen molar-refractivity contribution in [1.29, 1.82) is 0 Å². The van der Waals surface area contributed by atoms with E-state index < -0.39 is 0 Å². The van der Waals surface area contributed by atoms with Crippen molar-refractivity contribution in [3.8, 4) is 17.7 Å². The third kappa shape index (κ3) is 3.08. The quantitative estimate of drug-likeness (QED) is 0.558. The van der Waals surface area contributed by atoms with Gasteiger partial charge < -0.3 is 10.1 Å². The lowest BCUT2D eigenvalue weighted by molar-refractivity contribution is 0.414. The molecule has 0 spiro atoms. The van der Waals surface area contributed by atoms with Gasteiger partial charge in [0.25, 0.3) is 0 Å². The molecule has 0 radical (unpaired) electrons. The molecule has 68 valence electrons. The molecule has 13 heavy (non-hydrogen) atoms. The molecule has 0 aliphatic carbocycles. The molecule has 0 saturated carbocycles. The third-order valence-corrected chi connectivity index (χ3v) is 1.64. The van der Waals surface area contributed by atoms with Crippen molar-refractivity contribution in [2.45, 2.75) is 13.5 Å². The zero-order valence-electron chi connectivity index (χ0n) is 7.92. The maximum Gasteiger partial charge on any atom is 0.119 e. The fourth-order valence-corrected chi connectivity index (χ4v) is 1.02. The molecule has 1 aromatic carbocycles. The summed E-state index contributed by atoms with van der Waals surface area (Å²) in [5, 5.41) is 2.99. The van der Waals surface area contributed by atoms with E-state index in [0.29, 0.717) is 0 Å². The lowest BCUT2D eigenvalue weighted by atomic mass is 10.2. The Morgan fingerprint density at radius 2 is 2.31 bits per heavy atom. The summed E-state index contributed by atoms with van der Waals surface area (Å²) in [4.78, 5) is 0. The molecule has 0 aliphatic rings. The van der Waals surface area contributed by atoms with E-state index in [1.54, 1.807) is 14.0 Å². The van der Waals surface area contributed by atoms with E-state index in [0.717, 1.165) is 12.3 Å². The molecule has 0 heterocycles. The predicted molar refractivity (Wildman–Crippen MR) is 53.3 cm³/mol. The fraction of sp³-hybridized carbons (Fsp3) is 0.273. The average Bonchev–Trinajstić information content (AvgIpc) is 2.19. The summed E-state index contributed by atoms with van der Waals surface area (Å²) in [6.07, 6.45) is 0. The van der Waals surface area contributed by atoms with Crippen molar-refractivity contribution in [2.24, 2.45) is 0 Å². The molecule has 0 aromatic heterocycles. The van der Waals surface area contributed by atoms with Crippen LogP contribution in [0.4, 0.5) is 0 Å². The zero-order chi connectivity index (χ0) is 9.52. The Hall–Kier alpha value is -1.62. The number of benzene rings is 1. The number of methoxy groups -OCH3 is 1. The van der Waals surface area contributed by atoms with Gasteiger partial charge in [-0.05, 0) is 24.6 Å². The molecule has 1 N–H and O–H groups in total. The van der Waals surface area contributed by atoms with Crippen LogP contribution >= 0.6 is 0 Å². The van der Waals surface area contributed by atoms with Crippen LogP contribution in [0, 0.1) is 12.0 Å². The highest BCUT2D eigenvalue weighted by atomic mass is 16.5. The molecular formula is C11H13NO. The smallest absolute Gasteiger partial charge is 0.119 e. The summed E-state index contributed by atoms with van der Waals surface area (Å²) in [5.41, 5.74) is 1.17. The molecule has 0 saturated heterocycles. The summed E-state index contributed by atoms with van der Waals surface area (Å²) in [6, 6.07) is 10.7. The maximum atomic E-state index is 5.10. The van der Waals surface area contributed by atoms with Crippen molar-refractivity contribution in [3.05, 3.63) is 29.8 Å². The Kier molecular flexibility index (Phi) is 3.72. The third-order valence-electron chi connectivity index (χ3n) is 1.64. The number of rotatable bonds is 3. The molecule has 1 rings (SSSR count). The summed E-state index contributed by atoms with van der Waals surface area (Å²) in [5.74, 6) is 3.65. The summed E-state index contributed by atoms with van der Waals surface area (Å²) in [7, 11) is 1.67. The normalized spacial score (nSPS) is 8.46. The van der Waals surface area contributed by atoms with Crippen LogP contribution in [0.2, 0.25) is 0 Å². The van der Waals surface area contributed by atoms with Gasteiger partial charge in [-0.25, -0.2) is 0 Å². The van der Waals surface area contributed by atoms with Gasteiger partial charge in [-0.1, -0.05) is 18.1 Å². The van der Waals surface area contributed by atoms with E-state index in [2.05, 4.69) is 17.3 Å². The molecule has 0 bridgehead atoms. The first-order valence-electron chi connectivity index (χ1n) is 4.14. The molecule has 0 amide bonds. The van der Waals surface area contributed by atoms with Crippen LogP contribution in [-0.4, -0.2) is 7.11 Å². The highest BCUT2D eigenvalue weighted by molar-refractivity contribution is 5.28. The van der Waals surface area contributed by atoms with Crippen LogP contribution in [-0.2, 0) is 6.54 Å². The van der Waals surface area contributed by atoms with Crippen molar-refractivity contribution in [1.82, 2.24) is 5.32 Å². The Labute approximate surface area is 78.9 Å². The number of ether oxygens (including phenoxy) is 1. The van der Waals surface area contributed by atoms with Crippen molar-refractivity contribution >= 4 is 0 Å². The molecule has 2 heteroatoms. The molecule has 1 aromatic rings. The Balaban J connectivity index is 2.59. The minimum Gasteiger partial charge on any atom is -0.497 e. The number of nitrogens with one attached hydrogen (secondary N) is 1. The summed E-state index contributed by atoms with van der Waals surface area (Å²) < 4.78 is 5.10. The van der Waals surface area contributed by atoms with E-state index in [4.69, 9.17) is 4.74 Å². The first kappa shape index (κ1) is 9.47. The van der Waals surface area contributed by atoms with Crippen LogP contribution in [0.5, 0.6) is 5.75 Å². The largest absolute Gasteiger partial charge is 0.497 e. The lowest BCUT2D eigenvalue weighted by Crippen LogP contribution is -2.04. The Morgan fingerprint density at radius 1 is 1.46 bits per heavy atom. The second-order valence-electron chi connectivity index (χ2n) is 2.58. The summed E-state index contributed by atoms with van der Waals surface area (Å²) in [6.45, 7) is 2.55. The molecular weight excluding hydrogens is 162 g/mol. The Morgan fingerprint density at radius 3 is 3.00 bits per heavy atom. The van der Waals surface area contributed by atoms with E-state index in [-0.39, 0.29) is 0 Å². The first-order valence-corrected chi connectivity index (χ1v) is 4.14. The number of hydrogen-bond acceptors (Lipinski definition) is 2. The van der Waals surface area contributed by atoms with E-state index in [1.807, 2.05) is 24.3 Å². The van der Waals surface area contributed by atoms with Gasteiger partial charge in [0.05, 0.1) is 7.11 Å². The van der Waals surface area contributed by atoms with Gasteiger partial charge in [0.15, 0.2) is 0 Å². The fourth-order valence-electron chi connectivity index (χ4n) is 1.02. The molecule has 0 atom stereocenters. The van der Waals surface area contributed by atoms with Crippen LogP contribution in [0.3, 0.4) is 0 Å². The van der Waals surface area contributed by atoms with Gasteiger partial charge in [-0.15, -0.1) is 0 Å². The topological polar surface area (TPSA) is 21.3 Å². The van der Waals surface area contributed by atoms with Crippen LogP contribution < -0.4 is 10.1 Å². The van der Waals surface area contributed by atoms with Crippen molar-refractivity contribution in [2.75, 3.05) is 7.11 Å². The van der Waals surface area contributed by atoms with Crippen molar-refractivity contribution in [3.63, 3.8) is 0 Å². The minimum atomic E-state index is 0.748. The van der Waals surface area contributed by atoms with Crippen LogP contribution in [0.1, 0.15) is 12.5 Å². The van der Waals surface area contributed by atoms with Gasteiger partial charge >= 0.3 is 0 Å². The van der Waals surface area contributed by atoms with E-state index in [9.17, 15) is 0 Å². The highest BCUT2D eigenvalue weighted by Crippen LogP contribution is 2.11. The molecule has 2 nitrogen and oxygen atoms in total. The standard InChI is InChI=1S/C11H13NO/c1-3-7-12-9-10-5-4-6-11(8-10)13-2/h4-6,8,12H,9H2,1-2H3. The van der Waals surface area contributed by atoms with Gasteiger partial charge in [0.1, 0.15) is 5.75 Å². The van der Waals surface area contributed by atoms with Gasteiger partial charge in [0, 0.05) is 12.6 Å². The average molecular weight is 175 g/mol. The molecule has 0 aliphatic heterocycles. The predicted octanol–water partition coefficient (Wildman–Crippen LogP) is 1.77. The minimum absolute atomic E-state index is 0.748. The van der Waals surface area contributed by atoms with E-state index >= 15 is 0 Å². The SMILES string of the molecule is CC#CNCc1cccc(OC)c1. The Bertz CT molecular complexity index is 322. The van der Waals surface area contributed by atoms with Crippen molar-refractivity contribution < 1.29 is 4.74 Å². The second kappa shape index (κ2) is 5.10. The second-order valence-corrected chi connectivity index (χ2v) is 2.58.